The Morgan fingerprint density at radius 3 is 2.45 bits per heavy atom. The minimum absolute atomic E-state index is 0.321. The van der Waals surface area contributed by atoms with E-state index in [1.807, 2.05) is 0 Å². The Hall–Kier alpha value is -1.51. The molecule has 0 saturated heterocycles. The van der Waals surface area contributed by atoms with Crippen LogP contribution in [0.2, 0.25) is 0 Å². The van der Waals surface area contributed by atoms with Crippen LogP contribution >= 0.6 is 12.6 Å². The van der Waals surface area contributed by atoms with Gasteiger partial charge in [-0.1, -0.05) is 54.6 Å². The topological polar surface area (TPSA) is 3.24 Å². The van der Waals surface area contributed by atoms with Crippen LogP contribution in [-0.4, -0.2) is 19.0 Å². The number of allylic oxidation sites excluding steroid dienone is 2. The Morgan fingerprint density at radius 1 is 1.05 bits per heavy atom. The molecule has 1 aliphatic rings. The number of rotatable bonds is 3. The van der Waals surface area contributed by atoms with Gasteiger partial charge in [0.15, 0.2) is 0 Å². The van der Waals surface area contributed by atoms with Gasteiger partial charge < -0.3 is 4.90 Å². The van der Waals surface area contributed by atoms with Crippen molar-refractivity contribution in [2.45, 2.75) is 6.04 Å². The van der Waals surface area contributed by atoms with Gasteiger partial charge in [-0.3, -0.25) is 0 Å². The van der Waals surface area contributed by atoms with Crippen LogP contribution in [0.25, 0.3) is 10.8 Å². The first kappa shape index (κ1) is 13.5. The Kier molecular flexibility index (Phi) is 3.68. The summed E-state index contributed by atoms with van der Waals surface area (Å²) in [6.07, 6.45) is 6.43. The molecule has 1 nitrogen and oxygen atoms in total. The fourth-order valence-corrected chi connectivity index (χ4v) is 3.28. The summed E-state index contributed by atoms with van der Waals surface area (Å²) in [6, 6.07) is 15.6. The van der Waals surface area contributed by atoms with E-state index in [-0.39, 0.29) is 0 Å². The first-order valence-electron chi connectivity index (χ1n) is 6.89. The van der Waals surface area contributed by atoms with E-state index in [1.165, 1.54) is 16.3 Å². The highest BCUT2D eigenvalue weighted by atomic mass is 32.1. The van der Waals surface area contributed by atoms with E-state index in [2.05, 4.69) is 92.3 Å². The van der Waals surface area contributed by atoms with Crippen molar-refractivity contribution in [3.05, 3.63) is 71.2 Å². The van der Waals surface area contributed by atoms with Crippen molar-refractivity contribution in [1.29, 1.82) is 0 Å². The fourth-order valence-electron chi connectivity index (χ4n) is 2.97. The minimum Gasteiger partial charge on any atom is -0.301 e. The molecular formula is C18H19NS. The molecule has 0 N–H and O–H groups in total. The predicted octanol–water partition coefficient (Wildman–Crippen LogP) is 4.44. The van der Waals surface area contributed by atoms with Crippen molar-refractivity contribution in [2.75, 3.05) is 14.1 Å². The van der Waals surface area contributed by atoms with Crippen molar-refractivity contribution < 1.29 is 0 Å². The molecule has 0 radical (unpaired) electrons. The summed E-state index contributed by atoms with van der Waals surface area (Å²) >= 11 is 4.62. The van der Waals surface area contributed by atoms with Gasteiger partial charge in [0, 0.05) is 12.0 Å². The standard InChI is InChI=1S/C18H19NS/c1-19(2)18(16-8-5-9-17(16)20)15-11-10-13-6-3-4-7-14(13)12-15/h3-12,16,18,20H,1-2H3/t16?,18-/m1/s1. The van der Waals surface area contributed by atoms with Gasteiger partial charge in [-0.15, -0.1) is 12.6 Å². The fraction of sp³-hybridized carbons (Fsp3) is 0.222. The Bertz CT molecular complexity index is 685. The Balaban J connectivity index is 2.05. The van der Waals surface area contributed by atoms with Gasteiger partial charge in [0.05, 0.1) is 0 Å². The van der Waals surface area contributed by atoms with Crippen molar-refractivity contribution in [3.8, 4) is 0 Å². The van der Waals surface area contributed by atoms with Gasteiger partial charge in [0.2, 0.25) is 0 Å². The summed E-state index contributed by atoms with van der Waals surface area (Å²) in [4.78, 5) is 3.41. The molecule has 1 unspecified atom stereocenters. The van der Waals surface area contributed by atoms with Crippen LogP contribution in [0.1, 0.15) is 11.6 Å². The summed E-state index contributed by atoms with van der Waals surface area (Å²) in [5.74, 6) is 0.342. The van der Waals surface area contributed by atoms with Gasteiger partial charge in [0.1, 0.15) is 0 Å². The molecule has 2 heteroatoms. The molecule has 0 saturated carbocycles. The lowest BCUT2D eigenvalue weighted by molar-refractivity contribution is 0.266. The molecule has 20 heavy (non-hydrogen) atoms. The Labute approximate surface area is 126 Å². The molecule has 0 fully saturated rings. The average molecular weight is 281 g/mol. The molecule has 0 bridgehead atoms. The summed E-state index contributed by atoms with van der Waals surface area (Å²) in [5, 5.41) is 2.58. The van der Waals surface area contributed by atoms with Crippen LogP contribution in [0, 0.1) is 5.92 Å². The number of hydrogen-bond acceptors (Lipinski definition) is 2. The van der Waals surface area contributed by atoms with Crippen LogP contribution in [0.4, 0.5) is 0 Å². The van der Waals surface area contributed by atoms with Crippen LogP contribution in [0.3, 0.4) is 0 Å². The van der Waals surface area contributed by atoms with Crippen LogP contribution in [-0.2, 0) is 0 Å². The smallest absolute Gasteiger partial charge is 0.0450 e. The van der Waals surface area contributed by atoms with Crippen LogP contribution in [0.15, 0.2) is 65.6 Å². The lowest BCUT2D eigenvalue weighted by Gasteiger charge is -2.30. The first-order valence-corrected chi connectivity index (χ1v) is 7.34. The van der Waals surface area contributed by atoms with E-state index < -0.39 is 0 Å². The lowest BCUT2D eigenvalue weighted by Crippen LogP contribution is -2.26. The molecule has 1 aliphatic carbocycles. The van der Waals surface area contributed by atoms with E-state index in [0.29, 0.717) is 12.0 Å². The molecule has 2 atom stereocenters. The summed E-state index contributed by atoms with van der Waals surface area (Å²) in [6.45, 7) is 0. The van der Waals surface area contributed by atoms with Gasteiger partial charge in [-0.25, -0.2) is 0 Å². The first-order chi connectivity index (χ1) is 9.66. The van der Waals surface area contributed by atoms with E-state index in [9.17, 15) is 0 Å². The normalized spacial score (nSPS) is 19.6. The summed E-state index contributed by atoms with van der Waals surface area (Å²) < 4.78 is 0. The summed E-state index contributed by atoms with van der Waals surface area (Å²) in [7, 11) is 4.26. The second kappa shape index (κ2) is 5.47. The maximum Gasteiger partial charge on any atom is 0.0450 e. The zero-order valence-electron chi connectivity index (χ0n) is 11.8. The monoisotopic (exact) mass is 281 g/mol. The molecule has 3 rings (SSSR count). The highest BCUT2D eigenvalue weighted by Gasteiger charge is 2.26. The third kappa shape index (κ3) is 2.41. The van der Waals surface area contributed by atoms with E-state index in [4.69, 9.17) is 0 Å². The van der Waals surface area contributed by atoms with Crippen LogP contribution in [0.5, 0.6) is 0 Å². The average Bonchev–Trinajstić information content (AvgIpc) is 2.85. The number of nitrogens with zero attached hydrogens (tertiary/aromatic N) is 1. The molecule has 0 heterocycles. The van der Waals surface area contributed by atoms with Crippen molar-refractivity contribution in [3.63, 3.8) is 0 Å². The predicted molar refractivity (Wildman–Crippen MR) is 90.1 cm³/mol. The Morgan fingerprint density at radius 2 is 1.80 bits per heavy atom. The number of benzene rings is 2. The van der Waals surface area contributed by atoms with E-state index in [1.54, 1.807) is 0 Å². The molecule has 0 spiro atoms. The molecule has 0 aliphatic heterocycles. The zero-order chi connectivity index (χ0) is 14.1. The molecule has 0 amide bonds. The van der Waals surface area contributed by atoms with Gasteiger partial charge >= 0.3 is 0 Å². The molecular weight excluding hydrogens is 262 g/mol. The quantitative estimate of drug-likeness (QED) is 0.814. The molecule has 0 aromatic heterocycles. The van der Waals surface area contributed by atoms with E-state index in [0.717, 1.165) is 4.91 Å². The highest BCUT2D eigenvalue weighted by molar-refractivity contribution is 7.84. The summed E-state index contributed by atoms with van der Waals surface area (Å²) in [5.41, 5.74) is 1.34. The molecule has 102 valence electrons. The van der Waals surface area contributed by atoms with Crippen molar-refractivity contribution in [1.82, 2.24) is 4.90 Å². The SMILES string of the molecule is CN(C)[C@H](c1ccc2ccccc2c1)C1C=CC=C1S. The van der Waals surface area contributed by atoms with Crippen molar-refractivity contribution >= 4 is 23.4 Å². The van der Waals surface area contributed by atoms with Gasteiger partial charge in [0.25, 0.3) is 0 Å². The maximum absolute atomic E-state index is 4.62. The second-order valence-corrected chi connectivity index (χ2v) is 6.03. The number of hydrogen-bond donors (Lipinski definition) is 1. The highest BCUT2D eigenvalue weighted by Crippen LogP contribution is 2.38. The number of fused-ring (bicyclic) bond motifs is 1. The van der Waals surface area contributed by atoms with Crippen LogP contribution < -0.4 is 0 Å². The number of thiol groups is 1. The maximum atomic E-state index is 4.62. The third-order valence-electron chi connectivity index (χ3n) is 3.94. The van der Waals surface area contributed by atoms with Gasteiger partial charge in [-0.05, 0) is 41.4 Å². The lowest BCUT2D eigenvalue weighted by atomic mass is 9.91. The largest absolute Gasteiger partial charge is 0.301 e. The van der Waals surface area contributed by atoms with Crippen molar-refractivity contribution in [2.24, 2.45) is 5.92 Å². The molecule has 2 aromatic rings. The minimum atomic E-state index is 0.321. The third-order valence-corrected chi connectivity index (χ3v) is 4.39. The van der Waals surface area contributed by atoms with E-state index >= 15 is 0 Å². The van der Waals surface area contributed by atoms with Gasteiger partial charge in [-0.2, -0.15) is 0 Å². The zero-order valence-corrected chi connectivity index (χ0v) is 12.7. The molecule has 2 aromatic carbocycles. The second-order valence-electron chi connectivity index (χ2n) is 5.52.